The van der Waals surface area contributed by atoms with Crippen LogP contribution in [0.1, 0.15) is 5.69 Å². The molecular formula is C14H12N6O. The predicted octanol–water partition coefficient (Wildman–Crippen LogP) is 0.826. The van der Waals surface area contributed by atoms with Gasteiger partial charge in [0.05, 0.1) is 24.8 Å². The smallest absolute Gasteiger partial charge is 0.282 e. The van der Waals surface area contributed by atoms with Crippen molar-refractivity contribution < 1.29 is 0 Å². The number of aromatic nitrogens is 6. The lowest BCUT2D eigenvalue weighted by Gasteiger charge is -2.01. The van der Waals surface area contributed by atoms with Gasteiger partial charge in [-0.1, -0.05) is 6.07 Å². The van der Waals surface area contributed by atoms with Crippen molar-refractivity contribution in [3.8, 4) is 0 Å². The monoisotopic (exact) mass is 280 g/mol. The molecule has 0 unspecified atom stereocenters. The van der Waals surface area contributed by atoms with Gasteiger partial charge in [-0.2, -0.15) is 5.10 Å². The van der Waals surface area contributed by atoms with Crippen molar-refractivity contribution >= 4 is 16.7 Å². The molecular weight excluding hydrogens is 268 g/mol. The van der Waals surface area contributed by atoms with Crippen LogP contribution >= 0.6 is 0 Å². The normalized spacial score (nSPS) is 11.5. The molecule has 0 aliphatic carbocycles. The molecule has 0 spiro atoms. The van der Waals surface area contributed by atoms with Crippen molar-refractivity contribution in [2.45, 2.75) is 6.54 Å². The zero-order chi connectivity index (χ0) is 14.4. The molecule has 4 aromatic heterocycles. The molecule has 4 aromatic rings. The molecule has 21 heavy (non-hydrogen) atoms. The minimum atomic E-state index is -0.155. The highest BCUT2D eigenvalue weighted by Gasteiger charge is 2.09. The van der Waals surface area contributed by atoms with Crippen LogP contribution in [0.25, 0.3) is 16.7 Å². The van der Waals surface area contributed by atoms with Crippen LogP contribution in [-0.4, -0.2) is 28.7 Å². The summed E-state index contributed by atoms with van der Waals surface area (Å²) < 4.78 is 5.04. The molecule has 0 aliphatic heterocycles. The van der Waals surface area contributed by atoms with E-state index < -0.39 is 0 Å². The Morgan fingerprint density at radius 1 is 1.24 bits per heavy atom. The maximum absolute atomic E-state index is 12.4. The highest BCUT2D eigenvalue weighted by molar-refractivity contribution is 5.71. The molecule has 4 rings (SSSR count). The van der Waals surface area contributed by atoms with Gasteiger partial charge in [0.15, 0.2) is 5.52 Å². The lowest BCUT2D eigenvalue weighted by Crippen LogP contribution is -2.21. The first-order chi connectivity index (χ1) is 10.2. The van der Waals surface area contributed by atoms with Crippen LogP contribution in [-0.2, 0) is 13.6 Å². The standard InChI is InChI=1S/C14H12N6O/c1-18-8-11-13(17-18)14(21)20(9-15-11)7-10-6-19-5-3-2-4-12(19)16-10/h2-6,8-9H,7H2,1H3. The van der Waals surface area contributed by atoms with E-state index in [1.165, 1.54) is 10.9 Å². The summed E-state index contributed by atoms with van der Waals surface area (Å²) in [5.41, 5.74) is 2.49. The van der Waals surface area contributed by atoms with Crippen LogP contribution in [0.3, 0.4) is 0 Å². The van der Waals surface area contributed by atoms with E-state index in [1.54, 1.807) is 17.9 Å². The Morgan fingerprint density at radius 2 is 2.14 bits per heavy atom. The molecule has 0 amide bonds. The van der Waals surface area contributed by atoms with E-state index >= 15 is 0 Å². The Balaban J connectivity index is 1.79. The molecule has 104 valence electrons. The zero-order valence-electron chi connectivity index (χ0n) is 11.3. The van der Waals surface area contributed by atoms with Gasteiger partial charge < -0.3 is 4.40 Å². The van der Waals surface area contributed by atoms with Gasteiger partial charge in [0, 0.05) is 19.4 Å². The third-order valence-electron chi connectivity index (χ3n) is 3.36. The van der Waals surface area contributed by atoms with Crippen molar-refractivity contribution in [3.63, 3.8) is 0 Å². The second kappa shape index (κ2) is 4.27. The largest absolute Gasteiger partial charge is 0.307 e. The number of rotatable bonds is 2. The van der Waals surface area contributed by atoms with Gasteiger partial charge in [0.1, 0.15) is 11.2 Å². The number of pyridine rings is 1. The quantitative estimate of drug-likeness (QED) is 0.545. The van der Waals surface area contributed by atoms with Crippen LogP contribution < -0.4 is 5.56 Å². The van der Waals surface area contributed by atoms with Gasteiger partial charge in [0.25, 0.3) is 5.56 Å². The SMILES string of the molecule is Cn1cc2ncn(Cc3cn4ccccc4n3)c(=O)c2n1. The maximum Gasteiger partial charge on any atom is 0.282 e. The molecule has 7 nitrogen and oxygen atoms in total. The number of fused-ring (bicyclic) bond motifs is 2. The summed E-state index contributed by atoms with van der Waals surface area (Å²) in [5, 5.41) is 4.15. The highest BCUT2D eigenvalue weighted by Crippen LogP contribution is 2.07. The first-order valence-electron chi connectivity index (χ1n) is 6.52. The van der Waals surface area contributed by atoms with Crippen LogP contribution in [0, 0.1) is 0 Å². The van der Waals surface area contributed by atoms with E-state index in [9.17, 15) is 4.79 Å². The van der Waals surface area contributed by atoms with E-state index in [0.717, 1.165) is 11.3 Å². The average Bonchev–Trinajstić information content (AvgIpc) is 3.04. The van der Waals surface area contributed by atoms with Gasteiger partial charge in [-0.15, -0.1) is 0 Å². The third-order valence-corrected chi connectivity index (χ3v) is 3.36. The van der Waals surface area contributed by atoms with E-state index in [0.29, 0.717) is 17.6 Å². The summed E-state index contributed by atoms with van der Waals surface area (Å²) in [6.45, 7) is 0.375. The summed E-state index contributed by atoms with van der Waals surface area (Å²) in [5.74, 6) is 0. The number of nitrogens with zero attached hydrogens (tertiary/aromatic N) is 6. The molecule has 0 bridgehead atoms. The number of hydrogen-bond donors (Lipinski definition) is 0. The number of aryl methyl sites for hydroxylation is 1. The topological polar surface area (TPSA) is 70.0 Å². The second-order valence-corrected chi connectivity index (χ2v) is 4.91. The summed E-state index contributed by atoms with van der Waals surface area (Å²) in [6, 6.07) is 5.79. The first-order valence-corrected chi connectivity index (χ1v) is 6.52. The lowest BCUT2D eigenvalue weighted by molar-refractivity contribution is 0.728. The molecule has 4 heterocycles. The third kappa shape index (κ3) is 1.90. The Morgan fingerprint density at radius 3 is 3.00 bits per heavy atom. The lowest BCUT2D eigenvalue weighted by atomic mass is 10.4. The van der Waals surface area contributed by atoms with Gasteiger partial charge in [-0.3, -0.25) is 14.0 Å². The zero-order valence-corrected chi connectivity index (χ0v) is 11.3. The molecule has 0 saturated carbocycles. The molecule has 0 atom stereocenters. The first kappa shape index (κ1) is 11.8. The average molecular weight is 280 g/mol. The second-order valence-electron chi connectivity index (χ2n) is 4.91. The molecule has 0 aliphatic rings. The molecule has 0 N–H and O–H groups in total. The minimum Gasteiger partial charge on any atom is -0.307 e. The molecule has 0 radical (unpaired) electrons. The maximum atomic E-state index is 12.4. The molecule has 0 fully saturated rings. The van der Waals surface area contributed by atoms with Gasteiger partial charge in [-0.25, -0.2) is 9.97 Å². The summed E-state index contributed by atoms with van der Waals surface area (Å²) in [4.78, 5) is 21.1. The van der Waals surface area contributed by atoms with Crippen molar-refractivity contribution in [1.29, 1.82) is 0 Å². The van der Waals surface area contributed by atoms with E-state index in [1.807, 2.05) is 35.0 Å². The predicted molar refractivity (Wildman–Crippen MR) is 77.1 cm³/mol. The van der Waals surface area contributed by atoms with Gasteiger partial charge in [0.2, 0.25) is 0 Å². The molecule has 7 heteroatoms. The highest BCUT2D eigenvalue weighted by atomic mass is 16.1. The van der Waals surface area contributed by atoms with Crippen molar-refractivity contribution in [2.75, 3.05) is 0 Å². The van der Waals surface area contributed by atoms with Gasteiger partial charge >= 0.3 is 0 Å². The Bertz CT molecular complexity index is 976. The Kier molecular flexibility index (Phi) is 2.41. The minimum absolute atomic E-state index is 0.155. The molecule has 0 saturated heterocycles. The fraction of sp³-hybridized carbons (Fsp3) is 0.143. The fourth-order valence-electron chi connectivity index (χ4n) is 2.39. The van der Waals surface area contributed by atoms with Crippen LogP contribution in [0.5, 0.6) is 0 Å². The van der Waals surface area contributed by atoms with Crippen LogP contribution in [0.4, 0.5) is 0 Å². The van der Waals surface area contributed by atoms with E-state index in [2.05, 4.69) is 15.1 Å². The Labute approximate surface area is 119 Å². The number of imidazole rings is 1. The van der Waals surface area contributed by atoms with Crippen LogP contribution in [0.15, 0.2) is 47.9 Å². The van der Waals surface area contributed by atoms with Gasteiger partial charge in [-0.05, 0) is 12.1 Å². The summed E-state index contributed by atoms with van der Waals surface area (Å²) >= 11 is 0. The molecule has 0 aromatic carbocycles. The summed E-state index contributed by atoms with van der Waals surface area (Å²) in [6.07, 6.45) is 7.10. The van der Waals surface area contributed by atoms with Crippen molar-refractivity contribution in [2.24, 2.45) is 7.05 Å². The van der Waals surface area contributed by atoms with Crippen molar-refractivity contribution in [1.82, 2.24) is 28.7 Å². The fourth-order valence-corrected chi connectivity index (χ4v) is 2.39. The van der Waals surface area contributed by atoms with Crippen LogP contribution in [0.2, 0.25) is 0 Å². The van der Waals surface area contributed by atoms with E-state index in [-0.39, 0.29) is 5.56 Å². The summed E-state index contributed by atoms with van der Waals surface area (Å²) in [7, 11) is 1.77. The van der Waals surface area contributed by atoms with E-state index in [4.69, 9.17) is 0 Å². The Hall–Kier alpha value is -2.96. The van der Waals surface area contributed by atoms with Crippen molar-refractivity contribution in [3.05, 3.63) is 59.2 Å². The number of hydrogen-bond acceptors (Lipinski definition) is 4.